The maximum atomic E-state index is 15.0. The third-order valence-electron chi connectivity index (χ3n) is 3.44. The number of benzene rings is 1. The summed E-state index contributed by atoms with van der Waals surface area (Å²) in [5.74, 6) is -1.33. The molecule has 10 heteroatoms. The highest BCUT2D eigenvalue weighted by Gasteiger charge is 2.21. The molecule has 0 spiro atoms. The lowest BCUT2D eigenvalue weighted by Crippen LogP contribution is -2.27. The number of imidazole rings is 1. The van der Waals surface area contributed by atoms with Gasteiger partial charge in [0, 0.05) is 29.6 Å². The molecule has 0 aliphatic heterocycles. The first kappa shape index (κ1) is 18.6. The second kappa shape index (κ2) is 8.00. The molecule has 0 bridgehead atoms. The summed E-state index contributed by atoms with van der Waals surface area (Å²) >= 11 is 9.49. The van der Waals surface area contributed by atoms with Crippen LogP contribution in [0.2, 0.25) is 5.02 Å². The Bertz CT molecular complexity index is 965. The van der Waals surface area contributed by atoms with Crippen LogP contribution in [0.15, 0.2) is 41.3 Å². The van der Waals surface area contributed by atoms with Gasteiger partial charge in [-0.25, -0.2) is 14.9 Å². The zero-order valence-electron chi connectivity index (χ0n) is 13.3. The van der Waals surface area contributed by atoms with Crippen molar-refractivity contribution in [2.75, 3.05) is 18.5 Å². The van der Waals surface area contributed by atoms with Gasteiger partial charge in [0.25, 0.3) is 5.91 Å². The second-order valence-corrected chi connectivity index (χ2v) is 6.53. The van der Waals surface area contributed by atoms with Crippen LogP contribution in [-0.4, -0.2) is 28.4 Å². The van der Waals surface area contributed by atoms with Gasteiger partial charge >= 0.3 is 0 Å². The van der Waals surface area contributed by atoms with E-state index in [0.29, 0.717) is 10.7 Å². The molecule has 0 fully saturated rings. The number of hydroxylamine groups is 1. The van der Waals surface area contributed by atoms with E-state index in [1.54, 1.807) is 18.2 Å². The smallest absolute Gasteiger partial charge is 0.278 e. The quantitative estimate of drug-likeness (QED) is 0.402. The van der Waals surface area contributed by atoms with E-state index >= 15 is 0 Å². The predicted octanol–water partition coefficient (Wildman–Crippen LogP) is 3.25. The van der Waals surface area contributed by atoms with Crippen LogP contribution in [0.3, 0.4) is 0 Å². The molecule has 1 amide bonds. The summed E-state index contributed by atoms with van der Waals surface area (Å²) in [6.45, 7) is 0.359. The van der Waals surface area contributed by atoms with Gasteiger partial charge in [-0.1, -0.05) is 27.5 Å². The number of hydrogen-bond acceptors (Lipinski definition) is 5. The Hall–Kier alpha value is -2.20. The lowest BCUT2D eigenvalue weighted by atomic mass is 10.2. The maximum absolute atomic E-state index is 15.0. The van der Waals surface area contributed by atoms with Crippen molar-refractivity contribution >= 4 is 50.5 Å². The Morgan fingerprint density at radius 3 is 3.00 bits per heavy atom. The van der Waals surface area contributed by atoms with Gasteiger partial charge in [0.05, 0.1) is 28.6 Å². The molecule has 0 aliphatic carbocycles. The zero-order chi connectivity index (χ0) is 18.7. The van der Waals surface area contributed by atoms with Crippen LogP contribution in [0.25, 0.3) is 5.65 Å². The van der Waals surface area contributed by atoms with E-state index in [4.69, 9.17) is 22.2 Å². The number of carbonyl (C=O) groups is 1. The number of amides is 1. The van der Waals surface area contributed by atoms with Crippen molar-refractivity contribution in [2.24, 2.45) is 5.73 Å². The minimum atomic E-state index is -0.694. The van der Waals surface area contributed by atoms with Crippen molar-refractivity contribution < 1.29 is 14.0 Å². The van der Waals surface area contributed by atoms with E-state index < -0.39 is 11.7 Å². The SMILES string of the molecule is NCCONC(=O)c1cn2ccnc2c(F)c1Nc1ccc(Br)cc1Cl. The average molecular weight is 443 g/mol. The average Bonchev–Trinajstić information content (AvgIpc) is 3.08. The van der Waals surface area contributed by atoms with Crippen LogP contribution >= 0.6 is 27.5 Å². The van der Waals surface area contributed by atoms with E-state index in [1.165, 1.54) is 23.0 Å². The number of rotatable bonds is 6. The van der Waals surface area contributed by atoms with Crippen LogP contribution in [-0.2, 0) is 4.84 Å². The molecule has 2 heterocycles. The fourth-order valence-corrected chi connectivity index (χ4v) is 2.99. The molecule has 0 atom stereocenters. The largest absolute Gasteiger partial charge is 0.351 e. The van der Waals surface area contributed by atoms with Gasteiger partial charge in [-0.2, -0.15) is 0 Å². The summed E-state index contributed by atoms with van der Waals surface area (Å²) in [7, 11) is 0. The maximum Gasteiger partial charge on any atom is 0.278 e. The van der Waals surface area contributed by atoms with E-state index in [1.807, 2.05) is 0 Å². The molecule has 136 valence electrons. The van der Waals surface area contributed by atoms with Gasteiger partial charge in [0.1, 0.15) is 0 Å². The van der Waals surface area contributed by atoms with Crippen molar-refractivity contribution in [1.82, 2.24) is 14.9 Å². The monoisotopic (exact) mass is 441 g/mol. The van der Waals surface area contributed by atoms with Crippen LogP contribution in [0.1, 0.15) is 10.4 Å². The lowest BCUT2D eigenvalue weighted by molar-refractivity contribution is 0.0343. The third kappa shape index (κ3) is 3.80. The molecular weight excluding hydrogens is 429 g/mol. The molecule has 0 saturated carbocycles. The minimum Gasteiger partial charge on any atom is -0.351 e. The van der Waals surface area contributed by atoms with E-state index in [9.17, 15) is 9.18 Å². The second-order valence-electron chi connectivity index (χ2n) is 5.21. The van der Waals surface area contributed by atoms with Gasteiger partial charge in [-0.05, 0) is 18.2 Å². The van der Waals surface area contributed by atoms with Crippen LogP contribution in [0, 0.1) is 5.82 Å². The molecule has 3 rings (SSSR count). The Kier molecular flexibility index (Phi) is 5.72. The molecule has 2 aromatic heterocycles. The normalized spacial score (nSPS) is 10.9. The molecule has 0 aliphatic rings. The van der Waals surface area contributed by atoms with Crippen molar-refractivity contribution in [2.45, 2.75) is 0 Å². The summed E-state index contributed by atoms with van der Waals surface area (Å²) in [6.07, 6.45) is 4.41. The number of hydrogen-bond donors (Lipinski definition) is 3. The number of nitrogens with zero attached hydrogens (tertiary/aromatic N) is 2. The fraction of sp³-hybridized carbons (Fsp3) is 0.125. The van der Waals surface area contributed by atoms with Gasteiger partial charge < -0.3 is 15.5 Å². The number of carbonyl (C=O) groups excluding carboxylic acids is 1. The van der Waals surface area contributed by atoms with Crippen molar-refractivity contribution in [3.05, 3.63) is 57.7 Å². The van der Waals surface area contributed by atoms with Gasteiger partial charge in [0.15, 0.2) is 11.5 Å². The highest BCUT2D eigenvalue weighted by molar-refractivity contribution is 9.10. The molecule has 1 aromatic carbocycles. The van der Waals surface area contributed by atoms with Crippen LogP contribution in [0.5, 0.6) is 0 Å². The Balaban J connectivity index is 2.04. The summed E-state index contributed by atoms with van der Waals surface area (Å²) in [5.41, 5.74) is 8.00. The molecule has 0 saturated heterocycles. The summed E-state index contributed by atoms with van der Waals surface area (Å²) in [4.78, 5) is 21.3. The van der Waals surface area contributed by atoms with Gasteiger partial charge in [0.2, 0.25) is 0 Å². The van der Waals surface area contributed by atoms with Crippen LogP contribution < -0.4 is 16.5 Å². The summed E-state index contributed by atoms with van der Waals surface area (Å²) < 4.78 is 17.1. The third-order valence-corrected chi connectivity index (χ3v) is 4.25. The Morgan fingerprint density at radius 2 is 2.27 bits per heavy atom. The number of nitrogens with two attached hydrogens (primary N) is 1. The Morgan fingerprint density at radius 1 is 1.46 bits per heavy atom. The molecule has 4 N–H and O–H groups in total. The minimum absolute atomic E-state index is 0.0176. The van der Waals surface area contributed by atoms with E-state index in [-0.39, 0.29) is 30.0 Å². The fourth-order valence-electron chi connectivity index (χ4n) is 2.27. The standard InChI is InChI=1S/C16H14BrClFN5O2/c17-9-1-2-12(11(18)7-9)22-14-10(16(25)23-26-6-3-20)8-24-5-4-21-15(24)13(14)19/h1-2,4-5,7-8,22H,3,6,20H2,(H,23,25). The van der Waals surface area contributed by atoms with Crippen molar-refractivity contribution in [3.63, 3.8) is 0 Å². The molecular formula is C16H14BrClFN5O2. The predicted molar refractivity (Wildman–Crippen MR) is 100 cm³/mol. The lowest BCUT2D eigenvalue weighted by Gasteiger charge is -2.15. The Labute approximate surface area is 161 Å². The summed E-state index contributed by atoms with van der Waals surface area (Å²) in [6, 6.07) is 5.05. The zero-order valence-corrected chi connectivity index (χ0v) is 15.6. The summed E-state index contributed by atoms with van der Waals surface area (Å²) in [5, 5.41) is 3.22. The molecule has 3 aromatic rings. The highest BCUT2D eigenvalue weighted by atomic mass is 79.9. The highest BCUT2D eigenvalue weighted by Crippen LogP contribution is 2.32. The number of halogens is 3. The molecule has 0 radical (unpaired) electrons. The number of aromatic nitrogens is 2. The number of pyridine rings is 1. The first-order chi connectivity index (χ1) is 12.5. The molecule has 26 heavy (non-hydrogen) atoms. The molecule has 0 unspecified atom stereocenters. The first-order valence-corrected chi connectivity index (χ1v) is 8.67. The van der Waals surface area contributed by atoms with Crippen molar-refractivity contribution in [3.8, 4) is 0 Å². The van der Waals surface area contributed by atoms with Gasteiger partial charge in [-0.15, -0.1) is 0 Å². The van der Waals surface area contributed by atoms with E-state index in [0.717, 1.165) is 4.47 Å². The topological polar surface area (TPSA) is 93.7 Å². The number of anilines is 2. The number of nitrogens with one attached hydrogen (secondary N) is 2. The van der Waals surface area contributed by atoms with Crippen LogP contribution in [0.4, 0.5) is 15.8 Å². The van der Waals surface area contributed by atoms with E-state index in [2.05, 4.69) is 31.7 Å². The van der Waals surface area contributed by atoms with Gasteiger partial charge in [-0.3, -0.25) is 9.63 Å². The molecule has 7 nitrogen and oxygen atoms in total. The van der Waals surface area contributed by atoms with Crippen molar-refractivity contribution in [1.29, 1.82) is 0 Å². The first-order valence-electron chi connectivity index (χ1n) is 7.50. The number of fused-ring (bicyclic) bond motifs is 1.